The van der Waals surface area contributed by atoms with E-state index in [0.29, 0.717) is 27.1 Å². The van der Waals surface area contributed by atoms with Gasteiger partial charge < -0.3 is 4.74 Å². The smallest absolute Gasteiger partial charge is 0.339 e. The largest absolute Gasteiger partial charge is 0.461 e. The molecule has 2 aromatic carbocycles. The summed E-state index contributed by atoms with van der Waals surface area (Å²) in [6.45, 7) is 0.190. The van der Waals surface area contributed by atoms with Gasteiger partial charge in [0.15, 0.2) is 9.84 Å². The van der Waals surface area contributed by atoms with Gasteiger partial charge >= 0.3 is 5.97 Å². The maximum absolute atomic E-state index is 12.2. The average Bonchev–Trinajstić information content (AvgIpc) is 2.58. The molecular weight excluding hydrogens is 403 g/mol. The minimum atomic E-state index is -3.33. The highest BCUT2D eigenvalue weighted by atomic mass is 35.5. The molecular formula is C17H16Cl2O4S2. The first-order valence-corrected chi connectivity index (χ1v) is 10.9. The summed E-state index contributed by atoms with van der Waals surface area (Å²) < 4.78 is 29.4. The maximum Gasteiger partial charge on any atom is 0.339 e. The number of thioether (sulfide) groups is 1. The topological polar surface area (TPSA) is 60.4 Å². The van der Waals surface area contributed by atoms with Gasteiger partial charge in [0.1, 0.15) is 6.61 Å². The number of carbonyl (C=O) groups excluding carboxylic acids is 1. The van der Waals surface area contributed by atoms with Crippen molar-refractivity contribution in [1.29, 1.82) is 0 Å². The molecule has 4 nitrogen and oxygen atoms in total. The molecule has 0 amide bonds. The van der Waals surface area contributed by atoms with Crippen LogP contribution < -0.4 is 0 Å². The molecule has 8 heteroatoms. The Morgan fingerprint density at radius 2 is 1.68 bits per heavy atom. The molecule has 0 saturated carbocycles. The zero-order valence-electron chi connectivity index (χ0n) is 13.2. The van der Waals surface area contributed by atoms with Crippen molar-refractivity contribution in [3.63, 3.8) is 0 Å². The molecule has 2 aromatic rings. The second-order valence-electron chi connectivity index (χ2n) is 5.00. The Hall–Kier alpha value is -1.21. The summed E-state index contributed by atoms with van der Waals surface area (Å²) in [5.74, 6) is 0.443. The molecule has 0 aromatic heterocycles. The van der Waals surface area contributed by atoms with Crippen LogP contribution in [0.25, 0.3) is 0 Å². The zero-order chi connectivity index (χ0) is 18.3. The zero-order valence-corrected chi connectivity index (χ0v) is 16.3. The van der Waals surface area contributed by atoms with Crippen LogP contribution in [0.2, 0.25) is 10.0 Å². The molecule has 0 N–H and O–H groups in total. The number of hydrogen-bond donors (Lipinski definition) is 0. The molecule has 0 atom stereocenters. The van der Waals surface area contributed by atoms with Crippen molar-refractivity contribution in [2.75, 3.05) is 23.9 Å². The van der Waals surface area contributed by atoms with Gasteiger partial charge in [0, 0.05) is 16.5 Å². The third-order valence-electron chi connectivity index (χ3n) is 3.22. The normalized spacial score (nSPS) is 11.3. The fourth-order valence-corrected chi connectivity index (χ4v) is 4.81. The molecule has 134 valence electrons. The summed E-state index contributed by atoms with van der Waals surface area (Å²) in [5, 5.41) is 0.836. The lowest BCUT2D eigenvalue weighted by Gasteiger charge is -2.07. The van der Waals surface area contributed by atoms with Crippen LogP contribution >= 0.6 is 35.0 Å². The van der Waals surface area contributed by atoms with Crippen molar-refractivity contribution in [1.82, 2.24) is 0 Å². The highest BCUT2D eigenvalue weighted by molar-refractivity contribution is 8.00. The van der Waals surface area contributed by atoms with Crippen LogP contribution in [0.15, 0.2) is 53.4 Å². The van der Waals surface area contributed by atoms with E-state index in [4.69, 9.17) is 27.9 Å². The molecule has 25 heavy (non-hydrogen) atoms. The Labute approximate surface area is 161 Å². The Morgan fingerprint density at radius 3 is 2.36 bits per heavy atom. The van der Waals surface area contributed by atoms with E-state index in [2.05, 4.69) is 0 Å². The fraction of sp³-hybridized carbons (Fsp3) is 0.235. The van der Waals surface area contributed by atoms with Crippen LogP contribution in [-0.4, -0.2) is 38.3 Å². The van der Waals surface area contributed by atoms with Crippen molar-refractivity contribution in [2.45, 2.75) is 4.90 Å². The minimum absolute atomic E-state index is 0.0117. The van der Waals surface area contributed by atoms with E-state index in [1.807, 2.05) is 0 Å². The number of carbonyl (C=O) groups is 1. The average molecular weight is 419 g/mol. The lowest BCUT2D eigenvalue weighted by molar-refractivity contribution is 0.0530. The monoisotopic (exact) mass is 418 g/mol. The Morgan fingerprint density at radius 1 is 1.00 bits per heavy atom. The second kappa shape index (κ2) is 9.48. The molecule has 0 unspecified atom stereocenters. The molecule has 0 bridgehead atoms. The first kappa shape index (κ1) is 20.1. The molecule has 0 aliphatic carbocycles. The van der Waals surface area contributed by atoms with Crippen LogP contribution in [0.5, 0.6) is 0 Å². The highest BCUT2D eigenvalue weighted by Gasteiger charge is 2.14. The van der Waals surface area contributed by atoms with Gasteiger partial charge in [-0.05, 0) is 36.4 Å². The summed E-state index contributed by atoms with van der Waals surface area (Å²) in [6, 6.07) is 12.7. The van der Waals surface area contributed by atoms with E-state index >= 15 is 0 Å². The van der Waals surface area contributed by atoms with Crippen LogP contribution in [0, 0.1) is 0 Å². The molecule has 2 rings (SSSR count). The van der Waals surface area contributed by atoms with Crippen LogP contribution in [0.1, 0.15) is 10.4 Å². The molecule has 0 spiro atoms. The Kier molecular flexibility index (Phi) is 7.62. The van der Waals surface area contributed by atoms with Gasteiger partial charge in [0.05, 0.1) is 21.2 Å². The lowest BCUT2D eigenvalue weighted by Crippen LogP contribution is -2.11. The van der Waals surface area contributed by atoms with Crippen molar-refractivity contribution in [3.05, 3.63) is 64.1 Å². The Bertz CT molecular complexity index is 821. The number of hydrogen-bond acceptors (Lipinski definition) is 5. The maximum atomic E-state index is 12.2. The fourth-order valence-electron chi connectivity index (χ4n) is 1.93. The van der Waals surface area contributed by atoms with Gasteiger partial charge in [-0.15, -0.1) is 0 Å². The number of ether oxygens (including phenoxy) is 1. The van der Waals surface area contributed by atoms with Crippen molar-refractivity contribution < 1.29 is 17.9 Å². The van der Waals surface area contributed by atoms with Gasteiger partial charge in [-0.25, -0.2) is 13.2 Å². The molecule has 0 fully saturated rings. The van der Waals surface area contributed by atoms with E-state index in [1.165, 1.54) is 23.9 Å². The van der Waals surface area contributed by atoms with E-state index in [-0.39, 0.29) is 17.3 Å². The molecule has 0 saturated heterocycles. The van der Waals surface area contributed by atoms with Crippen LogP contribution in [-0.2, 0) is 14.6 Å². The van der Waals surface area contributed by atoms with E-state index < -0.39 is 15.8 Å². The van der Waals surface area contributed by atoms with Crippen molar-refractivity contribution >= 4 is 50.8 Å². The summed E-state index contributed by atoms with van der Waals surface area (Å²) in [6.07, 6.45) is 0. The number of halogens is 2. The summed E-state index contributed by atoms with van der Waals surface area (Å²) in [4.78, 5) is 12.1. The van der Waals surface area contributed by atoms with Crippen LogP contribution in [0.3, 0.4) is 0 Å². The first-order valence-electron chi connectivity index (χ1n) is 7.38. The van der Waals surface area contributed by atoms with Gasteiger partial charge in [-0.2, -0.15) is 11.8 Å². The number of esters is 1. The van der Waals surface area contributed by atoms with Crippen molar-refractivity contribution in [2.24, 2.45) is 0 Å². The molecule has 0 aliphatic rings. The Balaban J connectivity index is 1.70. The number of benzene rings is 2. The van der Waals surface area contributed by atoms with E-state index in [1.54, 1.807) is 36.4 Å². The van der Waals surface area contributed by atoms with E-state index in [0.717, 1.165) is 0 Å². The van der Waals surface area contributed by atoms with Gasteiger partial charge in [-0.1, -0.05) is 35.3 Å². The number of rotatable bonds is 8. The van der Waals surface area contributed by atoms with Gasteiger partial charge in [0.25, 0.3) is 0 Å². The quantitative estimate of drug-likeness (QED) is 0.470. The number of sulfone groups is 1. The third kappa shape index (κ3) is 6.22. The predicted octanol–water partition coefficient (Wildman–Crippen LogP) is 4.36. The van der Waals surface area contributed by atoms with Crippen molar-refractivity contribution in [3.8, 4) is 0 Å². The van der Waals surface area contributed by atoms with Gasteiger partial charge in [-0.3, -0.25) is 0 Å². The second-order valence-corrected chi connectivity index (χ2v) is 9.18. The van der Waals surface area contributed by atoms with Crippen LogP contribution in [0.4, 0.5) is 0 Å². The summed E-state index contributed by atoms with van der Waals surface area (Å²) in [7, 11) is -3.33. The standard InChI is InChI=1S/C17H16Cl2O4S2/c18-13-5-7-14(8-6-13)25(21,22)12-11-24-10-9-23-17(20)15-3-1-2-4-16(15)19/h1-8H,9-12H2. The first-order chi connectivity index (χ1) is 11.9. The minimum Gasteiger partial charge on any atom is -0.461 e. The SMILES string of the molecule is O=C(OCCSCCS(=O)(=O)c1ccc(Cl)cc1)c1ccccc1Cl. The predicted molar refractivity (Wildman–Crippen MR) is 103 cm³/mol. The summed E-state index contributed by atoms with van der Waals surface area (Å²) in [5.41, 5.74) is 0.319. The molecule has 0 heterocycles. The molecule has 0 radical (unpaired) electrons. The molecule has 0 aliphatic heterocycles. The third-order valence-corrected chi connectivity index (χ3v) is 6.74. The lowest BCUT2D eigenvalue weighted by atomic mass is 10.2. The highest BCUT2D eigenvalue weighted by Crippen LogP contribution is 2.17. The summed E-state index contributed by atoms with van der Waals surface area (Å²) >= 11 is 13.1. The van der Waals surface area contributed by atoms with E-state index in [9.17, 15) is 13.2 Å². The van der Waals surface area contributed by atoms with Gasteiger partial charge in [0.2, 0.25) is 0 Å².